The van der Waals surface area contributed by atoms with Crippen LogP contribution in [-0.2, 0) is 14.3 Å². The summed E-state index contributed by atoms with van der Waals surface area (Å²) in [6, 6.07) is 0. The SMILES string of the molecule is O=C1CC[C@@H]2[C@H]1[C@H](CCBr)C21OCCO1. The molecule has 0 unspecified atom stereocenters. The van der Waals surface area contributed by atoms with E-state index in [2.05, 4.69) is 15.9 Å². The number of ketones is 1. The summed E-state index contributed by atoms with van der Waals surface area (Å²) in [7, 11) is 0. The molecule has 3 atom stereocenters. The lowest BCUT2D eigenvalue weighted by atomic mass is 9.59. The van der Waals surface area contributed by atoms with Crippen LogP contribution in [0.15, 0.2) is 0 Å². The summed E-state index contributed by atoms with van der Waals surface area (Å²) in [4.78, 5) is 11.7. The van der Waals surface area contributed by atoms with E-state index in [9.17, 15) is 4.79 Å². The maximum atomic E-state index is 11.7. The van der Waals surface area contributed by atoms with Crippen molar-refractivity contribution in [2.45, 2.75) is 25.0 Å². The summed E-state index contributed by atoms with van der Waals surface area (Å²) in [6.45, 7) is 1.38. The minimum Gasteiger partial charge on any atom is -0.347 e. The van der Waals surface area contributed by atoms with Gasteiger partial charge in [0, 0.05) is 29.5 Å². The zero-order valence-electron chi connectivity index (χ0n) is 8.58. The van der Waals surface area contributed by atoms with Gasteiger partial charge in [-0.25, -0.2) is 0 Å². The Kier molecular flexibility index (Phi) is 2.41. The van der Waals surface area contributed by atoms with E-state index in [1.165, 1.54) is 0 Å². The molecule has 1 heterocycles. The third kappa shape index (κ3) is 1.22. The number of halogens is 1. The van der Waals surface area contributed by atoms with Crippen LogP contribution in [0, 0.1) is 17.8 Å². The molecule has 1 spiro atoms. The number of carbonyl (C=O) groups excluding carboxylic acids is 1. The van der Waals surface area contributed by atoms with Crippen LogP contribution in [0.5, 0.6) is 0 Å². The van der Waals surface area contributed by atoms with E-state index in [4.69, 9.17) is 9.47 Å². The summed E-state index contributed by atoms with van der Waals surface area (Å²) in [5, 5.41) is 0.919. The summed E-state index contributed by atoms with van der Waals surface area (Å²) in [5.41, 5.74) is 0. The Morgan fingerprint density at radius 1 is 1.40 bits per heavy atom. The number of Topliss-reactive ketones (excluding diaryl/α,β-unsaturated/α-hetero) is 1. The molecule has 15 heavy (non-hydrogen) atoms. The number of carbonyl (C=O) groups is 1. The maximum absolute atomic E-state index is 11.7. The topological polar surface area (TPSA) is 35.5 Å². The minimum absolute atomic E-state index is 0.223. The van der Waals surface area contributed by atoms with E-state index >= 15 is 0 Å². The molecule has 3 rings (SSSR count). The molecule has 0 amide bonds. The van der Waals surface area contributed by atoms with Gasteiger partial charge in [-0.2, -0.15) is 0 Å². The third-order valence-corrected chi connectivity index (χ3v) is 4.59. The van der Waals surface area contributed by atoms with Gasteiger partial charge in [0.15, 0.2) is 5.79 Å². The first-order valence-electron chi connectivity index (χ1n) is 5.66. The second-order valence-corrected chi connectivity index (χ2v) is 5.43. The lowest BCUT2D eigenvalue weighted by Gasteiger charge is -2.54. The van der Waals surface area contributed by atoms with E-state index in [1.807, 2.05) is 0 Å². The first-order chi connectivity index (χ1) is 7.29. The predicted octanol–water partition coefficient (Wildman–Crippen LogP) is 1.74. The van der Waals surface area contributed by atoms with Gasteiger partial charge in [-0.1, -0.05) is 15.9 Å². The van der Waals surface area contributed by atoms with Gasteiger partial charge in [0.1, 0.15) is 5.78 Å². The highest BCUT2D eigenvalue weighted by Gasteiger charge is 2.69. The van der Waals surface area contributed by atoms with Gasteiger partial charge in [-0.15, -0.1) is 0 Å². The molecule has 0 aromatic heterocycles. The van der Waals surface area contributed by atoms with Crippen molar-refractivity contribution >= 4 is 21.7 Å². The summed E-state index contributed by atoms with van der Waals surface area (Å²) < 4.78 is 11.6. The van der Waals surface area contributed by atoms with E-state index in [-0.39, 0.29) is 11.7 Å². The van der Waals surface area contributed by atoms with Gasteiger partial charge in [-0.05, 0) is 12.8 Å². The Morgan fingerprint density at radius 3 is 2.80 bits per heavy atom. The highest BCUT2D eigenvalue weighted by molar-refractivity contribution is 9.09. The standard InChI is InChI=1S/C11H15BrO3/c12-4-3-8-10-7(1-2-9(10)13)11(8)14-5-6-15-11/h7-8,10H,1-6H2/t7-,8+,10+/m1/s1. The van der Waals surface area contributed by atoms with Crippen LogP contribution in [-0.4, -0.2) is 30.1 Å². The Balaban J connectivity index is 1.85. The lowest BCUT2D eigenvalue weighted by Crippen LogP contribution is -2.62. The number of alkyl halides is 1. The number of fused-ring (bicyclic) bond motifs is 2. The molecule has 4 heteroatoms. The molecule has 1 saturated heterocycles. The second-order valence-electron chi connectivity index (χ2n) is 4.64. The largest absolute Gasteiger partial charge is 0.347 e. The first-order valence-corrected chi connectivity index (χ1v) is 6.78. The van der Waals surface area contributed by atoms with Crippen LogP contribution in [0.2, 0.25) is 0 Å². The number of ether oxygens (including phenoxy) is 2. The van der Waals surface area contributed by atoms with Gasteiger partial charge in [0.05, 0.1) is 13.2 Å². The number of rotatable bonds is 2. The quantitative estimate of drug-likeness (QED) is 0.720. The van der Waals surface area contributed by atoms with Crippen molar-refractivity contribution in [3.05, 3.63) is 0 Å². The Bertz CT molecular complexity index is 286. The summed E-state index contributed by atoms with van der Waals surface area (Å²) in [6.07, 6.45) is 2.66. The highest BCUT2D eigenvalue weighted by atomic mass is 79.9. The van der Waals surface area contributed by atoms with Crippen molar-refractivity contribution in [1.82, 2.24) is 0 Å². The second kappa shape index (κ2) is 3.54. The summed E-state index contributed by atoms with van der Waals surface area (Å²) >= 11 is 3.45. The molecule has 3 nitrogen and oxygen atoms in total. The molecule has 0 radical (unpaired) electrons. The minimum atomic E-state index is -0.384. The van der Waals surface area contributed by atoms with E-state index < -0.39 is 0 Å². The smallest absolute Gasteiger partial charge is 0.175 e. The van der Waals surface area contributed by atoms with Crippen molar-refractivity contribution in [2.75, 3.05) is 18.5 Å². The van der Waals surface area contributed by atoms with Crippen molar-refractivity contribution in [3.8, 4) is 0 Å². The van der Waals surface area contributed by atoms with Crippen molar-refractivity contribution < 1.29 is 14.3 Å². The average molecular weight is 275 g/mol. The molecule has 2 aliphatic carbocycles. The Hall–Kier alpha value is 0.0700. The van der Waals surface area contributed by atoms with Gasteiger partial charge < -0.3 is 9.47 Å². The maximum Gasteiger partial charge on any atom is 0.175 e. The van der Waals surface area contributed by atoms with Gasteiger partial charge >= 0.3 is 0 Å². The van der Waals surface area contributed by atoms with Crippen LogP contribution >= 0.6 is 15.9 Å². The molecular formula is C11H15BrO3. The molecule has 0 N–H and O–H groups in total. The van der Waals surface area contributed by atoms with Crippen molar-refractivity contribution in [1.29, 1.82) is 0 Å². The highest BCUT2D eigenvalue weighted by Crippen LogP contribution is 2.61. The normalized spacial score (nSPS) is 41.9. The van der Waals surface area contributed by atoms with E-state index in [1.54, 1.807) is 0 Å². The zero-order chi connectivity index (χ0) is 10.5. The molecule has 2 saturated carbocycles. The molecule has 0 aromatic carbocycles. The van der Waals surface area contributed by atoms with Crippen LogP contribution < -0.4 is 0 Å². The van der Waals surface area contributed by atoms with Gasteiger partial charge in [-0.3, -0.25) is 4.79 Å². The molecule has 3 fully saturated rings. The van der Waals surface area contributed by atoms with Crippen LogP contribution in [0.3, 0.4) is 0 Å². The lowest BCUT2D eigenvalue weighted by molar-refractivity contribution is -0.306. The molecular weight excluding hydrogens is 260 g/mol. The fourth-order valence-corrected chi connectivity index (χ4v) is 4.10. The van der Waals surface area contributed by atoms with Gasteiger partial charge in [0.2, 0.25) is 0 Å². The summed E-state index contributed by atoms with van der Waals surface area (Å²) in [5.74, 6) is 0.900. The predicted molar refractivity (Wildman–Crippen MR) is 57.8 cm³/mol. The monoisotopic (exact) mass is 274 g/mol. The molecule has 84 valence electrons. The molecule has 0 bridgehead atoms. The molecule has 3 aliphatic rings. The van der Waals surface area contributed by atoms with Gasteiger partial charge in [0.25, 0.3) is 0 Å². The average Bonchev–Trinajstić information content (AvgIpc) is 2.80. The number of hydrogen-bond donors (Lipinski definition) is 0. The third-order valence-electron chi connectivity index (χ3n) is 4.13. The number of hydrogen-bond acceptors (Lipinski definition) is 3. The van der Waals surface area contributed by atoms with E-state index in [0.717, 1.165) is 24.6 Å². The van der Waals surface area contributed by atoms with Crippen LogP contribution in [0.1, 0.15) is 19.3 Å². The first kappa shape index (κ1) is 10.2. The van der Waals surface area contributed by atoms with Crippen LogP contribution in [0.25, 0.3) is 0 Å². The molecule has 1 aliphatic heterocycles. The fourth-order valence-electron chi connectivity index (χ4n) is 3.60. The molecule has 0 aromatic rings. The fraction of sp³-hybridized carbons (Fsp3) is 0.909. The Labute approximate surface area is 97.6 Å². The van der Waals surface area contributed by atoms with Crippen LogP contribution in [0.4, 0.5) is 0 Å². The van der Waals surface area contributed by atoms with Crippen molar-refractivity contribution in [2.24, 2.45) is 17.8 Å². The van der Waals surface area contributed by atoms with E-state index in [0.29, 0.717) is 30.8 Å². The van der Waals surface area contributed by atoms with Crippen molar-refractivity contribution in [3.63, 3.8) is 0 Å². The zero-order valence-corrected chi connectivity index (χ0v) is 10.2. The Morgan fingerprint density at radius 2 is 2.13 bits per heavy atom.